The fourth-order valence-electron chi connectivity index (χ4n) is 4.30. The SMILES string of the molecule is COc1ccc(NC(=O)c2csc(C3CCN(C(=O)c4cnn(-c5ccccc5)c4C)CC3)n2)cn1. The first-order valence-electron chi connectivity index (χ1n) is 11.7. The Labute approximate surface area is 212 Å². The fourth-order valence-corrected chi connectivity index (χ4v) is 5.27. The third kappa shape index (κ3) is 4.85. The lowest BCUT2D eigenvalue weighted by atomic mass is 9.97. The molecule has 0 atom stereocenters. The molecule has 4 aromatic rings. The highest BCUT2D eigenvalue weighted by Gasteiger charge is 2.28. The van der Waals surface area contributed by atoms with E-state index >= 15 is 0 Å². The largest absolute Gasteiger partial charge is 0.481 e. The number of pyridine rings is 1. The fraction of sp³-hybridized carbons (Fsp3) is 0.269. The number of nitrogens with one attached hydrogen (secondary N) is 1. The minimum Gasteiger partial charge on any atom is -0.481 e. The Morgan fingerprint density at radius 3 is 2.56 bits per heavy atom. The molecule has 1 aliphatic heterocycles. The summed E-state index contributed by atoms with van der Waals surface area (Å²) >= 11 is 1.49. The maximum atomic E-state index is 13.2. The van der Waals surface area contributed by atoms with Crippen LogP contribution in [-0.2, 0) is 0 Å². The maximum absolute atomic E-state index is 13.2. The van der Waals surface area contributed by atoms with E-state index in [1.807, 2.05) is 42.2 Å². The number of hydrogen-bond acceptors (Lipinski definition) is 7. The molecule has 0 unspecified atom stereocenters. The van der Waals surface area contributed by atoms with Gasteiger partial charge in [0, 0.05) is 30.5 Å². The van der Waals surface area contributed by atoms with Crippen molar-refractivity contribution in [2.75, 3.05) is 25.5 Å². The first kappa shape index (κ1) is 23.7. The monoisotopic (exact) mass is 502 g/mol. The van der Waals surface area contributed by atoms with Gasteiger partial charge in [0.25, 0.3) is 11.8 Å². The number of ether oxygens (including phenoxy) is 1. The molecule has 4 heterocycles. The quantitative estimate of drug-likeness (QED) is 0.422. The highest BCUT2D eigenvalue weighted by molar-refractivity contribution is 7.10. The van der Waals surface area contributed by atoms with Crippen LogP contribution in [0.2, 0.25) is 0 Å². The molecule has 2 amide bonds. The van der Waals surface area contributed by atoms with Crippen LogP contribution < -0.4 is 10.1 Å². The van der Waals surface area contributed by atoms with Crippen molar-refractivity contribution < 1.29 is 14.3 Å². The Balaban J connectivity index is 1.19. The third-order valence-electron chi connectivity index (χ3n) is 6.33. The van der Waals surface area contributed by atoms with E-state index < -0.39 is 0 Å². The Bertz CT molecular complexity index is 1360. The molecule has 1 saturated heterocycles. The lowest BCUT2D eigenvalue weighted by Gasteiger charge is -2.31. The van der Waals surface area contributed by atoms with Crippen LogP contribution in [-0.4, -0.2) is 56.7 Å². The molecule has 3 aromatic heterocycles. The second-order valence-corrected chi connectivity index (χ2v) is 9.46. The van der Waals surface area contributed by atoms with Crippen molar-refractivity contribution in [1.29, 1.82) is 0 Å². The smallest absolute Gasteiger partial charge is 0.275 e. The number of amides is 2. The summed E-state index contributed by atoms with van der Waals surface area (Å²) in [6.07, 6.45) is 4.80. The second-order valence-electron chi connectivity index (χ2n) is 8.57. The summed E-state index contributed by atoms with van der Waals surface area (Å²) < 4.78 is 6.83. The molecule has 0 radical (unpaired) electrons. The molecule has 1 N–H and O–H groups in total. The van der Waals surface area contributed by atoms with E-state index in [9.17, 15) is 9.59 Å². The van der Waals surface area contributed by atoms with E-state index in [-0.39, 0.29) is 17.7 Å². The number of carbonyl (C=O) groups is 2. The summed E-state index contributed by atoms with van der Waals surface area (Å²) in [7, 11) is 1.54. The van der Waals surface area contributed by atoms with Crippen LogP contribution >= 0.6 is 11.3 Å². The van der Waals surface area contributed by atoms with E-state index in [4.69, 9.17) is 4.74 Å². The average molecular weight is 503 g/mol. The number of likely N-dealkylation sites (tertiary alicyclic amines) is 1. The lowest BCUT2D eigenvalue weighted by Crippen LogP contribution is -2.38. The van der Waals surface area contributed by atoms with Crippen LogP contribution in [0.15, 0.2) is 60.2 Å². The summed E-state index contributed by atoms with van der Waals surface area (Å²) in [4.78, 5) is 36.4. The van der Waals surface area contributed by atoms with Crippen molar-refractivity contribution in [3.8, 4) is 11.6 Å². The van der Waals surface area contributed by atoms with E-state index in [2.05, 4.69) is 20.4 Å². The van der Waals surface area contributed by atoms with E-state index in [0.29, 0.717) is 35.9 Å². The van der Waals surface area contributed by atoms with E-state index in [0.717, 1.165) is 29.2 Å². The van der Waals surface area contributed by atoms with Gasteiger partial charge >= 0.3 is 0 Å². The second kappa shape index (κ2) is 10.3. The summed E-state index contributed by atoms with van der Waals surface area (Å²) in [6.45, 7) is 3.19. The van der Waals surface area contributed by atoms with Gasteiger partial charge in [-0.05, 0) is 38.0 Å². The minimum absolute atomic E-state index is 0.000405. The highest BCUT2D eigenvalue weighted by atomic mass is 32.1. The molecule has 9 nitrogen and oxygen atoms in total. The van der Waals surface area contributed by atoms with Crippen molar-refractivity contribution in [2.45, 2.75) is 25.7 Å². The van der Waals surface area contributed by atoms with Gasteiger partial charge in [0.05, 0.1) is 47.1 Å². The Kier molecular flexibility index (Phi) is 6.77. The van der Waals surface area contributed by atoms with Crippen LogP contribution in [0.1, 0.15) is 50.3 Å². The number of methoxy groups -OCH3 is 1. The number of hydrogen-bond donors (Lipinski definition) is 1. The van der Waals surface area contributed by atoms with Gasteiger partial charge in [0.2, 0.25) is 5.88 Å². The zero-order valence-corrected chi connectivity index (χ0v) is 20.9. The van der Waals surface area contributed by atoms with E-state index in [1.54, 1.807) is 41.7 Å². The van der Waals surface area contributed by atoms with Crippen LogP contribution in [0, 0.1) is 6.92 Å². The summed E-state index contributed by atoms with van der Waals surface area (Å²) in [6, 6.07) is 13.2. The van der Waals surface area contributed by atoms with Gasteiger partial charge in [0.1, 0.15) is 5.69 Å². The first-order chi connectivity index (χ1) is 17.5. The van der Waals surface area contributed by atoms with Crippen molar-refractivity contribution >= 4 is 28.8 Å². The van der Waals surface area contributed by atoms with Crippen molar-refractivity contribution in [1.82, 2.24) is 24.6 Å². The molecule has 1 aliphatic rings. The molecule has 5 rings (SSSR count). The van der Waals surface area contributed by atoms with Crippen molar-refractivity contribution in [3.05, 3.63) is 82.2 Å². The van der Waals surface area contributed by atoms with E-state index in [1.165, 1.54) is 11.3 Å². The molecule has 0 saturated carbocycles. The zero-order valence-electron chi connectivity index (χ0n) is 20.0. The number of rotatable bonds is 6. The Morgan fingerprint density at radius 1 is 1.08 bits per heavy atom. The number of aromatic nitrogens is 4. The average Bonchev–Trinajstić information content (AvgIpc) is 3.57. The van der Waals surface area contributed by atoms with Gasteiger partial charge in [0.15, 0.2) is 0 Å². The molecule has 184 valence electrons. The first-order valence-corrected chi connectivity index (χ1v) is 12.6. The number of benzene rings is 1. The van der Waals surface area contributed by atoms with Crippen LogP contribution in [0.25, 0.3) is 5.69 Å². The summed E-state index contributed by atoms with van der Waals surface area (Å²) in [5.41, 5.74) is 3.34. The van der Waals surface area contributed by atoms with Gasteiger partial charge in [-0.15, -0.1) is 11.3 Å². The zero-order chi connectivity index (χ0) is 25.1. The number of anilines is 1. The molecule has 10 heteroatoms. The minimum atomic E-state index is -0.275. The molecule has 0 aliphatic carbocycles. The van der Waals surface area contributed by atoms with Crippen LogP contribution in [0.4, 0.5) is 5.69 Å². The van der Waals surface area contributed by atoms with Crippen LogP contribution in [0.5, 0.6) is 5.88 Å². The third-order valence-corrected chi connectivity index (χ3v) is 7.34. The standard InChI is InChI=1S/C26H26N6O3S/c1-17-21(15-28-32(17)20-6-4-3-5-7-20)26(34)31-12-10-18(11-13-31)25-30-22(16-36-25)24(33)29-19-8-9-23(35-2)27-14-19/h3-9,14-16,18H,10-13H2,1-2H3,(H,29,33). The van der Waals surface area contributed by atoms with Crippen LogP contribution in [0.3, 0.4) is 0 Å². The maximum Gasteiger partial charge on any atom is 0.275 e. The predicted octanol–water partition coefficient (Wildman–Crippen LogP) is 4.31. The number of nitrogens with zero attached hydrogens (tertiary/aromatic N) is 5. The Hall–Kier alpha value is -4.05. The number of para-hydroxylation sites is 1. The lowest BCUT2D eigenvalue weighted by molar-refractivity contribution is 0.0712. The molecular weight excluding hydrogens is 476 g/mol. The predicted molar refractivity (Wildman–Crippen MR) is 137 cm³/mol. The van der Waals surface area contributed by atoms with Gasteiger partial charge < -0.3 is 15.0 Å². The molecule has 0 bridgehead atoms. The van der Waals surface area contributed by atoms with Crippen molar-refractivity contribution in [3.63, 3.8) is 0 Å². The van der Waals surface area contributed by atoms with Crippen molar-refractivity contribution in [2.24, 2.45) is 0 Å². The van der Waals surface area contributed by atoms with Gasteiger partial charge in [-0.25, -0.2) is 14.6 Å². The number of thiazole rings is 1. The normalized spacial score (nSPS) is 14.0. The van der Waals surface area contributed by atoms with Gasteiger partial charge in [-0.2, -0.15) is 5.10 Å². The van der Waals surface area contributed by atoms with Gasteiger partial charge in [-0.1, -0.05) is 18.2 Å². The highest BCUT2D eigenvalue weighted by Crippen LogP contribution is 2.31. The Morgan fingerprint density at radius 2 is 1.86 bits per heavy atom. The molecule has 1 aromatic carbocycles. The number of piperidine rings is 1. The topological polar surface area (TPSA) is 102 Å². The summed E-state index contributed by atoms with van der Waals surface area (Å²) in [5.74, 6) is 0.425. The van der Waals surface area contributed by atoms with Gasteiger partial charge in [-0.3, -0.25) is 9.59 Å². The molecule has 36 heavy (non-hydrogen) atoms. The molecule has 0 spiro atoms. The summed E-state index contributed by atoms with van der Waals surface area (Å²) in [5, 5.41) is 9.95. The molecule has 1 fully saturated rings. The molecular formula is C26H26N6O3S. The number of carbonyl (C=O) groups excluding carboxylic acids is 2.